The monoisotopic (exact) mass is 487 g/mol. The van der Waals surface area contributed by atoms with E-state index in [0.717, 1.165) is 6.42 Å². The number of hydrogen-bond acceptors (Lipinski definition) is 5. The van der Waals surface area contributed by atoms with E-state index in [-0.39, 0.29) is 36.3 Å². The maximum absolute atomic E-state index is 14.4. The number of ether oxygens (including phenoxy) is 1. The molecule has 8 heteroatoms. The number of rotatable bonds is 5. The van der Waals surface area contributed by atoms with E-state index in [1.165, 1.54) is 0 Å². The highest BCUT2D eigenvalue weighted by Gasteiger charge is 2.74. The fourth-order valence-corrected chi connectivity index (χ4v) is 7.06. The summed E-state index contributed by atoms with van der Waals surface area (Å²) in [5, 5.41) is 9.53. The van der Waals surface area contributed by atoms with Gasteiger partial charge in [0.15, 0.2) is 0 Å². The fraction of sp³-hybridized carbons (Fsp3) is 0.741. The highest BCUT2D eigenvalue weighted by molar-refractivity contribution is 6.00. The lowest BCUT2D eigenvalue weighted by atomic mass is 9.74. The van der Waals surface area contributed by atoms with Gasteiger partial charge in [0.05, 0.1) is 17.4 Å². The second-order valence-corrected chi connectivity index (χ2v) is 12.6. The van der Waals surface area contributed by atoms with Gasteiger partial charge in [0, 0.05) is 38.8 Å². The molecule has 1 unspecified atom stereocenters. The Bertz CT molecular complexity index is 966. The zero-order chi connectivity index (χ0) is 26.0. The number of likely N-dealkylation sites (N-methyl/N-ethyl adjacent to an activating group) is 1. The molecule has 8 nitrogen and oxygen atoms in total. The third-order valence-electron chi connectivity index (χ3n) is 8.01. The molecule has 0 aliphatic carbocycles. The molecule has 2 fully saturated rings. The molecule has 4 rings (SSSR count). The molecule has 4 aliphatic heterocycles. The molecule has 0 aromatic rings. The van der Waals surface area contributed by atoms with Crippen LogP contribution in [0.25, 0.3) is 0 Å². The minimum atomic E-state index is -1.24. The number of hydrogen-bond donors (Lipinski definition) is 1. The lowest BCUT2D eigenvalue weighted by Crippen LogP contribution is -2.60. The quantitative estimate of drug-likeness (QED) is 0.599. The molecule has 4 heterocycles. The van der Waals surface area contributed by atoms with Gasteiger partial charge in [-0.3, -0.25) is 14.4 Å². The van der Waals surface area contributed by atoms with Gasteiger partial charge in [-0.2, -0.15) is 0 Å². The van der Waals surface area contributed by atoms with Crippen LogP contribution in [0, 0.1) is 17.3 Å². The Hall–Kier alpha value is -2.19. The van der Waals surface area contributed by atoms with Crippen LogP contribution in [0.5, 0.6) is 0 Å². The largest absolute Gasteiger partial charge is 0.396 e. The molecule has 3 amide bonds. The van der Waals surface area contributed by atoms with E-state index in [1.807, 2.05) is 36.1 Å². The summed E-state index contributed by atoms with van der Waals surface area (Å²) in [6.45, 7) is 13.4. The van der Waals surface area contributed by atoms with Crippen molar-refractivity contribution in [3.63, 3.8) is 0 Å². The van der Waals surface area contributed by atoms with Crippen molar-refractivity contribution in [2.24, 2.45) is 17.3 Å². The Morgan fingerprint density at radius 3 is 2.29 bits per heavy atom. The van der Waals surface area contributed by atoms with Gasteiger partial charge < -0.3 is 24.5 Å². The van der Waals surface area contributed by atoms with Crippen LogP contribution >= 0.6 is 0 Å². The predicted octanol–water partition coefficient (Wildman–Crippen LogP) is 1.98. The first-order valence-electron chi connectivity index (χ1n) is 12.7. The van der Waals surface area contributed by atoms with Gasteiger partial charge in [0.2, 0.25) is 17.7 Å². The van der Waals surface area contributed by atoms with E-state index >= 15 is 0 Å². The number of amides is 3. The van der Waals surface area contributed by atoms with Crippen LogP contribution in [0.1, 0.15) is 54.4 Å². The smallest absolute Gasteiger partial charge is 0.249 e. The molecule has 0 saturated carbocycles. The first kappa shape index (κ1) is 25.9. The zero-order valence-electron chi connectivity index (χ0n) is 22.2. The highest BCUT2D eigenvalue weighted by Crippen LogP contribution is 2.57. The van der Waals surface area contributed by atoms with Crippen molar-refractivity contribution in [2.45, 2.75) is 77.2 Å². The van der Waals surface area contributed by atoms with Crippen LogP contribution in [0.2, 0.25) is 0 Å². The Morgan fingerprint density at radius 2 is 1.66 bits per heavy atom. The Morgan fingerprint density at radius 1 is 1.00 bits per heavy atom. The minimum absolute atomic E-state index is 0.00554. The van der Waals surface area contributed by atoms with E-state index < -0.39 is 34.6 Å². The number of nitrogens with zero attached hydrogens (tertiary/aromatic N) is 3. The van der Waals surface area contributed by atoms with E-state index in [2.05, 4.69) is 34.6 Å². The third-order valence-corrected chi connectivity index (χ3v) is 8.01. The predicted molar refractivity (Wildman–Crippen MR) is 132 cm³/mol. The summed E-state index contributed by atoms with van der Waals surface area (Å²) < 4.78 is 6.77. The Kier molecular flexibility index (Phi) is 6.24. The van der Waals surface area contributed by atoms with Crippen LogP contribution in [0.4, 0.5) is 0 Å². The second-order valence-electron chi connectivity index (χ2n) is 12.6. The molecule has 4 aliphatic rings. The van der Waals surface area contributed by atoms with E-state index in [0.29, 0.717) is 19.5 Å². The second kappa shape index (κ2) is 8.44. The summed E-state index contributed by atoms with van der Waals surface area (Å²) >= 11 is 0. The molecule has 194 valence electrons. The van der Waals surface area contributed by atoms with Crippen molar-refractivity contribution in [3.05, 3.63) is 24.3 Å². The van der Waals surface area contributed by atoms with E-state index in [1.54, 1.807) is 16.8 Å². The molecule has 5 atom stereocenters. The van der Waals surface area contributed by atoms with Crippen molar-refractivity contribution in [1.29, 1.82) is 0 Å². The maximum Gasteiger partial charge on any atom is 0.249 e. The number of fused-ring (bicyclic) bond motifs is 2. The molecule has 1 N–H and O–H groups in total. The summed E-state index contributed by atoms with van der Waals surface area (Å²) in [6.07, 6.45) is 8.73. The van der Waals surface area contributed by atoms with Crippen molar-refractivity contribution in [2.75, 3.05) is 33.3 Å². The molecular formula is C27H41N3O5. The highest BCUT2D eigenvalue weighted by atomic mass is 16.5. The van der Waals surface area contributed by atoms with Gasteiger partial charge in [-0.15, -0.1) is 0 Å². The van der Waals surface area contributed by atoms with Crippen LogP contribution in [-0.2, 0) is 19.1 Å². The SMILES string of the molecule is CN1CC=C[C@@]2(C)O[C@]34C=CCN(C(C)(C)CC(C)(C)C)C(=O)C3N(CCCO)C(=O)[C@@H]4[C@H]2C1=O. The first-order valence-corrected chi connectivity index (χ1v) is 12.7. The Balaban J connectivity index is 1.84. The molecule has 1 spiro atoms. The van der Waals surface area contributed by atoms with Gasteiger partial charge in [0.1, 0.15) is 11.6 Å². The van der Waals surface area contributed by atoms with Gasteiger partial charge in [-0.05, 0) is 39.0 Å². The molecule has 0 radical (unpaired) electrons. The van der Waals surface area contributed by atoms with Gasteiger partial charge >= 0.3 is 0 Å². The number of carbonyl (C=O) groups excluding carboxylic acids is 3. The zero-order valence-corrected chi connectivity index (χ0v) is 22.2. The number of aliphatic hydroxyl groups is 1. The standard InChI is InChI=1S/C27H41N3O5/c1-24(2,3)17-25(4,5)30-15-9-12-27-19(22(33)29(14-10-16-31)20(27)23(30)34)18-21(32)28(7)13-8-11-26(18,6)35-27/h8-9,11-12,18-20,31H,10,13-17H2,1-7H3/t18-,19-,20?,26+,27-/m0/s1. The van der Waals surface area contributed by atoms with Gasteiger partial charge in [0.25, 0.3) is 0 Å². The van der Waals surface area contributed by atoms with E-state index in [4.69, 9.17) is 4.74 Å². The lowest BCUT2D eigenvalue weighted by molar-refractivity contribution is -0.156. The van der Waals surface area contributed by atoms with Crippen molar-refractivity contribution in [3.8, 4) is 0 Å². The van der Waals surface area contributed by atoms with Crippen LogP contribution in [0.3, 0.4) is 0 Å². The maximum atomic E-state index is 14.4. The molecule has 0 bridgehead atoms. The van der Waals surface area contributed by atoms with Gasteiger partial charge in [-0.25, -0.2) is 0 Å². The average Bonchev–Trinajstić information content (AvgIpc) is 2.99. The molecule has 0 aromatic carbocycles. The normalized spacial score (nSPS) is 35.3. The lowest BCUT2D eigenvalue weighted by Gasteiger charge is -2.44. The van der Waals surface area contributed by atoms with Crippen molar-refractivity contribution >= 4 is 17.7 Å². The number of carbonyl (C=O) groups is 3. The third kappa shape index (κ3) is 4.02. The first-order chi connectivity index (χ1) is 16.2. The topological polar surface area (TPSA) is 90.4 Å². The average molecular weight is 488 g/mol. The summed E-state index contributed by atoms with van der Waals surface area (Å²) in [4.78, 5) is 47.0. The minimum Gasteiger partial charge on any atom is -0.396 e. The number of likely N-dealkylation sites (tertiary alicyclic amines) is 1. The summed E-state index contributed by atoms with van der Waals surface area (Å²) in [5.41, 5.74) is -2.70. The van der Waals surface area contributed by atoms with Crippen LogP contribution in [0.15, 0.2) is 24.3 Å². The van der Waals surface area contributed by atoms with Crippen molar-refractivity contribution in [1.82, 2.24) is 14.7 Å². The Labute approximate surface area is 208 Å². The summed E-state index contributed by atoms with van der Waals surface area (Å²) in [6, 6.07) is -0.889. The van der Waals surface area contributed by atoms with Crippen LogP contribution < -0.4 is 0 Å². The number of aliphatic hydroxyl groups excluding tert-OH is 1. The van der Waals surface area contributed by atoms with Crippen LogP contribution in [-0.4, -0.2) is 93.6 Å². The molecule has 0 aromatic heterocycles. The molecule has 2 saturated heterocycles. The molecule has 35 heavy (non-hydrogen) atoms. The van der Waals surface area contributed by atoms with E-state index in [9.17, 15) is 19.5 Å². The fourth-order valence-electron chi connectivity index (χ4n) is 7.06. The van der Waals surface area contributed by atoms with Crippen molar-refractivity contribution < 1.29 is 24.2 Å². The van der Waals surface area contributed by atoms with Gasteiger partial charge in [-0.1, -0.05) is 45.1 Å². The summed E-state index contributed by atoms with van der Waals surface area (Å²) in [7, 11) is 1.73. The molecular weight excluding hydrogens is 446 g/mol. The summed E-state index contributed by atoms with van der Waals surface area (Å²) in [5.74, 6) is -2.09.